The number of aryl methyl sites for hydroxylation is 1. The van der Waals surface area contributed by atoms with Gasteiger partial charge in [-0.1, -0.05) is 18.2 Å². The lowest BCUT2D eigenvalue weighted by molar-refractivity contribution is -0.110. The van der Waals surface area contributed by atoms with Crippen molar-refractivity contribution in [3.63, 3.8) is 0 Å². The molecule has 1 aliphatic heterocycles. The van der Waals surface area contributed by atoms with E-state index in [-0.39, 0.29) is 5.91 Å². The molecule has 0 unspecified atom stereocenters. The fraction of sp³-hybridized carbons (Fsp3) is 0.222. The number of aromatic nitrogens is 1. The van der Waals surface area contributed by atoms with Gasteiger partial charge in [-0.2, -0.15) is 0 Å². The first-order chi connectivity index (χ1) is 12.0. The smallest absolute Gasteiger partial charge is 0.321 e. The van der Waals surface area contributed by atoms with E-state index >= 15 is 0 Å². The molecule has 1 aliphatic rings. The van der Waals surface area contributed by atoms with Gasteiger partial charge in [0.05, 0.1) is 5.30 Å². The van der Waals surface area contributed by atoms with E-state index in [9.17, 15) is 9.36 Å². The highest BCUT2D eigenvalue weighted by Crippen LogP contribution is 2.46. The van der Waals surface area contributed by atoms with Crippen LogP contribution in [0.15, 0.2) is 42.5 Å². The van der Waals surface area contributed by atoms with Crippen molar-refractivity contribution in [2.45, 2.75) is 13.3 Å². The minimum atomic E-state index is -3.35. The third-order valence-corrected chi connectivity index (χ3v) is 5.92. The van der Waals surface area contributed by atoms with E-state index in [0.29, 0.717) is 23.0 Å². The second-order valence-electron chi connectivity index (χ2n) is 5.64. The summed E-state index contributed by atoms with van der Waals surface area (Å²) in [5.41, 5.74) is 3.77. The van der Waals surface area contributed by atoms with Crippen molar-refractivity contribution >= 4 is 30.1 Å². The van der Waals surface area contributed by atoms with E-state index in [0.717, 1.165) is 17.0 Å². The van der Waals surface area contributed by atoms with E-state index in [4.69, 9.17) is 9.05 Å². The van der Waals surface area contributed by atoms with E-state index in [1.165, 1.54) is 14.2 Å². The van der Waals surface area contributed by atoms with Gasteiger partial charge in [0.25, 0.3) is 5.91 Å². The minimum absolute atomic E-state index is 0.190. The molecular weight excluding hydrogens is 339 g/mol. The summed E-state index contributed by atoms with van der Waals surface area (Å²) in [6.07, 6.45) is 2.41. The van der Waals surface area contributed by atoms with Gasteiger partial charge in [-0.05, 0) is 31.2 Å². The largest absolute Gasteiger partial charge is 0.360 e. The SMILES string of the molecule is COP(=O)(OC)c1ccc2c(c1)NC(=O)/C2=C\Cc1cccc(C)n1. The van der Waals surface area contributed by atoms with Crippen LogP contribution in [0.5, 0.6) is 0 Å². The summed E-state index contributed by atoms with van der Waals surface area (Å²) in [4.78, 5) is 16.7. The molecule has 1 aromatic carbocycles. The van der Waals surface area contributed by atoms with Gasteiger partial charge in [0.1, 0.15) is 0 Å². The molecule has 2 aromatic rings. The maximum Gasteiger partial charge on any atom is 0.360 e. The summed E-state index contributed by atoms with van der Waals surface area (Å²) < 4.78 is 22.5. The molecule has 6 nitrogen and oxygen atoms in total. The van der Waals surface area contributed by atoms with Crippen molar-refractivity contribution in [3.05, 3.63) is 59.4 Å². The number of benzene rings is 1. The lowest BCUT2D eigenvalue weighted by Gasteiger charge is -2.14. The van der Waals surface area contributed by atoms with Crippen LogP contribution >= 0.6 is 7.60 Å². The number of hydrogen-bond donors (Lipinski definition) is 1. The molecule has 130 valence electrons. The first kappa shape index (κ1) is 17.5. The Hall–Kier alpha value is -2.27. The zero-order valence-electron chi connectivity index (χ0n) is 14.3. The van der Waals surface area contributed by atoms with Crippen LogP contribution in [0.3, 0.4) is 0 Å². The van der Waals surface area contributed by atoms with Crippen LogP contribution in [0, 0.1) is 6.92 Å². The number of carbonyl (C=O) groups excluding carboxylic acids is 1. The maximum absolute atomic E-state index is 12.5. The third-order valence-electron chi connectivity index (χ3n) is 4.04. The maximum atomic E-state index is 12.5. The molecular formula is C18H19N2O4P. The first-order valence-corrected chi connectivity index (χ1v) is 9.31. The highest BCUT2D eigenvalue weighted by Gasteiger charge is 2.29. The van der Waals surface area contributed by atoms with Gasteiger partial charge in [0, 0.05) is 48.9 Å². The molecule has 0 radical (unpaired) electrons. The predicted molar refractivity (Wildman–Crippen MR) is 97.0 cm³/mol. The molecule has 1 aromatic heterocycles. The number of amides is 1. The summed E-state index contributed by atoms with van der Waals surface area (Å²) in [5.74, 6) is -0.190. The van der Waals surface area contributed by atoms with E-state index in [1.54, 1.807) is 18.2 Å². The quantitative estimate of drug-likeness (QED) is 0.656. The topological polar surface area (TPSA) is 77.5 Å². The number of hydrogen-bond acceptors (Lipinski definition) is 5. The van der Waals surface area contributed by atoms with Gasteiger partial charge in [-0.3, -0.25) is 14.3 Å². The number of rotatable bonds is 5. The van der Waals surface area contributed by atoms with Crippen molar-refractivity contribution in [2.24, 2.45) is 0 Å². The van der Waals surface area contributed by atoms with Crippen LogP contribution in [-0.4, -0.2) is 25.1 Å². The fourth-order valence-corrected chi connectivity index (χ4v) is 3.88. The van der Waals surface area contributed by atoms with Gasteiger partial charge in [-0.15, -0.1) is 0 Å². The van der Waals surface area contributed by atoms with Crippen molar-refractivity contribution in [1.82, 2.24) is 4.98 Å². The number of allylic oxidation sites excluding steroid dienone is 1. The zero-order valence-corrected chi connectivity index (χ0v) is 15.2. The Balaban J connectivity index is 1.92. The molecule has 0 bridgehead atoms. The molecule has 3 rings (SSSR count). The standard InChI is InChI=1S/C18H19N2O4P/c1-12-5-4-6-13(19-12)7-9-16-15-10-8-14(25(22,23-2)24-3)11-17(15)20-18(16)21/h4-6,8-11H,7H2,1-3H3,(H,20,21)/b16-9-. The summed E-state index contributed by atoms with van der Waals surface area (Å²) in [5, 5.41) is 3.20. The molecule has 0 atom stereocenters. The highest BCUT2D eigenvalue weighted by atomic mass is 31.2. The molecule has 2 heterocycles. The molecule has 7 heteroatoms. The number of pyridine rings is 1. The van der Waals surface area contributed by atoms with Gasteiger partial charge < -0.3 is 14.4 Å². The van der Waals surface area contributed by atoms with Crippen LogP contribution in [-0.2, 0) is 24.8 Å². The van der Waals surface area contributed by atoms with Crippen molar-refractivity contribution < 1.29 is 18.4 Å². The highest BCUT2D eigenvalue weighted by molar-refractivity contribution is 7.62. The Bertz CT molecular complexity index is 900. The van der Waals surface area contributed by atoms with Crippen LogP contribution in [0.2, 0.25) is 0 Å². The number of fused-ring (bicyclic) bond motifs is 1. The average Bonchev–Trinajstić information content (AvgIpc) is 2.93. The molecule has 25 heavy (non-hydrogen) atoms. The monoisotopic (exact) mass is 358 g/mol. The molecule has 0 saturated carbocycles. The molecule has 1 N–H and O–H groups in total. The van der Waals surface area contributed by atoms with Gasteiger partial charge >= 0.3 is 7.60 Å². The van der Waals surface area contributed by atoms with E-state index in [1.807, 2.05) is 31.2 Å². The number of anilines is 1. The molecule has 1 amide bonds. The Kier molecular flexibility index (Phi) is 4.86. The number of carbonyl (C=O) groups is 1. The lowest BCUT2D eigenvalue weighted by atomic mass is 10.1. The average molecular weight is 358 g/mol. The van der Waals surface area contributed by atoms with Crippen LogP contribution < -0.4 is 10.6 Å². The first-order valence-electron chi connectivity index (χ1n) is 7.77. The van der Waals surface area contributed by atoms with Gasteiger partial charge in [0.2, 0.25) is 0 Å². The Labute approximate surface area is 146 Å². The molecule has 0 aliphatic carbocycles. The number of nitrogens with one attached hydrogen (secondary N) is 1. The zero-order chi connectivity index (χ0) is 18.0. The normalized spacial score (nSPS) is 15.3. The Morgan fingerprint density at radius 3 is 2.64 bits per heavy atom. The summed E-state index contributed by atoms with van der Waals surface area (Å²) in [6, 6.07) is 10.8. The summed E-state index contributed by atoms with van der Waals surface area (Å²) in [6.45, 7) is 1.93. The van der Waals surface area contributed by atoms with Gasteiger partial charge in [-0.25, -0.2) is 0 Å². The third kappa shape index (κ3) is 3.42. The Morgan fingerprint density at radius 2 is 1.96 bits per heavy atom. The number of nitrogens with zero attached hydrogens (tertiary/aromatic N) is 1. The lowest BCUT2D eigenvalue weighted by Crippen LogP contribution is -2.09. The Morgan fingerprint density at radius 1 is 1.20 bits per heavy atom. The minimum Gasteiger partial charge on any atom is -0.321 e. The van der Waals surface area contributed by atoms with Crippen LogP contribution in [0.25, 0.3) is 5.57 Å². The van der Waals surface area contributed by atoms with E-state index in [2.05, 4.69) is 10.3 Å². The van der Waals surface area contributed by atoms with Crippen molar-refractivity contribution in [2.75, 3.05) is 19.5 Å². The van der Waals surface area contributed by atoms with Crippen LogP contribution in [0.1, 0.15) is 17.0 Å². The second-order valence-corrected chi connectivity index (χ2v) is 7.88. The summed E-state index contributed by atoms with van der Waals surface area (Å²) in [7, 11) is -0.695. The summed E-state index contributed by atoms with van der Waals surface area (Å²) >= 11 is 0. The van der Waals surface area contributed by atoms with E-state index < -0.39 is 7.60 Å². The van der Waals surface area contributed by atoms with Crippen molar-refractivity contribution in [1.29, 1.82) is 0 Å². The molecule has 0 spiro atoms. The fourth-order valence-electron chi connectivity index (χ4n) is 2.76. The van der Waals surface area contributed by atoms with Crippen molar-refractivity contribution in [3.8, 4) is 0 Å². The van der Waals surface area contributed by atoms with Gasteiger partial charge in [0.15, 0.2) is 0 Å². The predicted octanol–water partition coefficient (Wildman–Crippen LogP) is 3.08. The van der Waals surface area contributed by atoms with Crippen LogP contribution in [0.4, 0.5) is 5.69 Å². The molecule has 0 saturated heterocycles. The molecule has 0 fully saturated rings. The second kappa shape index (κ2) is 6.92.